The molecule has 3 aromatic carbocycles. The maximum atomic E-state index is 14.7. The lowest BCUT2D eigenvalue weighted by Crippen LogP contribution is -2.57. The van der Waals surface area contributed by atoms with Gasteiger partial charge in [-0.25, -0.2) is 0 Å². The van der Waals surface area contributed by atoms with Crippen molar-refractivity contribution < 1.29 is 47.5 Å². The number of aromatic nitrogens is 3. The third kappa shape index (κ3) is 16.8. The standard InChI is InChI=1S/C56H74N6O9/c1-38(2)28-48(50(65)33-45(30-42-16-12-9-13-17-42)55(68)58-49(29-39(3)4)53(66)56(6)22-23-56)57-54(67)44(20-18-41-14-10-8-11-15-41)32-47(64)36-62(24-26-69-27-25-62)35-43-19-21-51(71-40(5)63)52(31-43)70-37-46-34-61(7)60-59-46/h8-17,19,21,31,34,38-39,44-45,48-49H,18,20,22-30,32-33,35-37H2,1-7H3,(H-,57,58,67,68)/p+1/t44-,45-,48+,49+/m1/s1. The van der Waals surface area contributed by atoms with Crippen molar-refractivity contribution in [2.24, 2.45) is 36.1 Å². The van der Waals surface area contributed by atoms with Crippen LogP contribution in [0.2, 0.25) is 0 Å². The lowest BCUT2D eigenvalue weighted by Gasteiger charge is -2.41. The monoisotopic (exact) mass is 976 g/mol. The normalized spacial score (nSPS) is 16.6. The molecule has 0 spiro atoms. The van der Waals surface area contributed by atoms with Crippen molar-refractivity contribution in [3.8, 4) is 11.5 Å². The van der Waals surface area contributed by atoms with E-state index >= 15 is 0 Å². The molecule has 0 unspecified atom stereocenters. The summed E-state index contributed by atoms with van der Waals surface area (Å²) in [6.07, 6.45) is 5.20. The number of carbonyl (C=O) groups is 6. The quantitative estimate of drug-likeness (QED) is 0.0336. The Bertz CT molecular complexity index is 2430. The van der Waals surface area contributed by atoms with Gasteiger partial charge in [0.05, 0.1) is 31.5 Å². The third-order valence-electron chi connectivity index (χ3n) is 13.7. The van der Waals surface area contributed by atoms with E-state index in [9.17, 15) is 28.8 Å². The molecule has 1 aliphatic heterocycles. The Balaban J connectivity index is 1.20. The molecule has 15 heteroatoms. The summed E-state index contributed by atoms with van der Waals surface area (Å²) in [5.41, 5.74) is 2.93. The smallest absolute Gasteiger partial charge is 0.308 e. The van der Waals surface area contributed by atoms with Crippen molar-refractivity contribution in [3.63, 3.8) is 0 Å². The van der Waals surface area contributed by atoms with Gasteiger partial charge in [0.1, 0.15) is 38.5 Å². The van der Waals surface area contributed by atoms with E-state index in [0.29, 0.717) is 74.5 Å². The van der Waals surface area contributed by atoms with Crippen LogP contribution in [0.15, 0.2) is 85.1 Å². The van der Waals surface area contributed by atoms with E-state index in [0.717, 1.165) is 29.5 Å². The lowest BCUT2D eigenvalue weighted by atomic mass is 9.87. The zero-order valence-corrected chi connectivity index (χ0v) is 42.8. The van der Waals surface area contributed by atoms with Gasteiger partial charge in [0.25, 0.3) is 0 Å². The molecule has 4 atom stereocenters. The molecule has 2 fully saturated rings. The summed E-state index contributed by atoms with van der Waals surface area (Å²) in [6, 6.07) is 23.2. The summed E-state index contributed by atoms with van der Waals surface area (Å²) in [4.78, 5) is 83.9. The molecule has 1 saturated heterocycles. The molecule has 0 radical (unpaired) electrons. The van der Waals surface area contributed by atoms with E-state index in [-0.39, 0.29) is 79.2 Å². The summed E-state index contributed by atoms with van der Waals surface area (Å²) < 4.78 is 19.3. The van der Waals surface area contributed by atoms with Crippen LogP contribution in [0.25, 0.3) is 0 Å². The maximum absolute atomic E-state index is 14.7. The SMILES string of the molecule is CC(=O)Oc1ccc(C[N+]2(CC(=O)C[C@@H](CCc3ccccc3)C(=O)N[C@@H](CC(C)C)C(=O)C[C@@H](Cc3ccccc3)C(=O)N[C@@H](CC(C)C)C(=O)C3(C)CC3)CCOCC2)cc1OCc1cn(C)nn1. The first-order valence-corrected chi connectivity index (χ1v) is 25.4. The van der Waals surface area contributed by atoms with Crippen LogP contribution in [0.3, 0.4) is 0 Å². The van der Waals surface area contributed by atoms with Crippen molar-refractivity contribution in [1.82, 2.24) is 25.6 Å². The Labute approximate surface area is 419 Å². The molecule has 1 aliphatic carbocycles. The molecule has 6 rings (SSSR count). The number of hydrogen-bond donors (Lipinski definition) is 2. The predicted molar refractivity (Wildman–Crippen MR) is 269 cm³/mol. The van der Waals surface area contributed by atoms with Crippen molar-refractivity contribution in [2.45, 2.75) is 125 Å². The van der Waals surface area contributed by atoms with E-state index in [2.05, 4.69) is 20.9 Å². The predicted octanol–water partition coefficient (Wildman–Crippen LogP) is 7.12. The molecular weight excluding hydrogens is 901 g/mol. The highest BCUT2D eigenvalue weighted by molar-refractivity contribution is 5.97. The number of amides is 2. The number of nitrogens with zero attached hydrogens (tertiary/aromatic N) is 4. The van der Waals surface area contributed by atoms with Crippen LogP contribution >= 0.6 is 0 Å². The summed E-state index contributed by atoms with van der Waals surface area (Å²) in [5.74, 6) is -2.27. The van der Waals surface area contributed by atoms with Gasteiger partial charge in [0.2, 0.25) is 11.8 Å². The van der Waals surface area contributed by atoms with Crippen molar-refractivity contribution in [2.75, 3.05) is 32.8 Å². The Morgan fingerprint density at radius 3 is 2.00 bits per heavy atom. The molecule has 4 aromatic rings. The van der Waals surface area contributed by atoms with E-state index in [1.54, 1.807) is 24.0 Å². The van der Waals surface area contributed by atoms with Crippen molar-refractivity contribution >= 4 is 35.1 Å². The fourth-order valence-electron chi connectivity index (χ4n) is 9.55. The number of nitrogens with one attached hydrogen (secondary N) is 2. The molecule has 0 bridgehead atoms. The Morgan fingerprint density at radius 1 is 0.775 bits per heavy atom. The number of hydrogen-bond acceptors (Lipinski definition) is 11. The Kier molecular flexibility index (Phi) is 19.4. The maximum Gasteiger partial charge on any atom is 0.308 e. The van der Waals surface area contributed by atoms with Gasteiger partial charge < -0.3 is 29.3 Å². The van der Waals surface area contributed by atoms with E-state index in [1.165, 1.54) is 6.92 Å². The highest BCUT2D eigenvalue weighted by atomic mass is 16.6. The van der Waals surface area contributed by atoms with Gasteiger partial charge in [-0.2, -0.15) is 0 Å². The van der Waals surface area contributed by atoms with Gasteiger partial charge in [-0.05, 0) is 86.1 Å². The van der Waals surface area contributed by atoms with E-state index in [4.69, 9.17) is 14.2 Å². The number of Topliss-reactive ketones (excluding diaryl/α,β-unsaturated/α-hetero) is 3. The molecule has 2 aliphatic rings. The second-order valence-corrected chi connectivity index (χ2v) is 21.1. The molecule has 2 N–H and O–H groups in total. The first kappa shape index (κ1) is 54.3. The molecular formula is C56H75N6O9+. The highest BCUT2D eigenvalue weighted by Gasteiger charge is 2.48. The van der Waals surface area contributed by atoms with Gasteiger partial charge in [0.15, 0.2) is 28.8 Å². The summed E-state index contributed by atoms with van der Waals surface area (Å²) in [7, 11) is 1.76. The number of morpholine rings is 1. The highest BCUT2D eigenvalue weighted by Crippen LogP contribution is 2.47. The van der Waals surface area contributed by atoms with Crippen LogP contribution in [0.5, 0.6) is 11.5 Å². The van der Waals surface area contributed by atoms with Crippen LogP contribution in [0.1, 0.15) is 109 Å². The first-order chi connectivity index (χ1) is 33.9. The van der Waals surface area contributed by atoms with Gasteiger partial charge in [0, 0.05) is 49.6 Å². The number of carbonyl (C=O) groups excluding carboxylic acids is 6. The summed E-state index contributed by atoms with van der Waals surface area (Å²) in [5, 5.41) is 14.3. The topological polar surface area (TPSA) is 185 Å². The third-order valence-corrected chi connectivity index (χ3v) is 13.7. The number of ether oxygens (including phenoxy) is 3. The average Bonchev–Trinajstić information content (AvgIpc) is 3.95. The zero-order valence-electron chi connectivity index (χ0n) is 42.8. The number of benzene rings is 3. The minimum absolute atomic E-state index is 0.0223. The fraction of sp³-hybridized carbons (Fsp3) is 0.536. The largest absolute Gasteiger partial charge is 0.483 e. The first-order valence-electron chi connectivity index (χ1n) is 25.4. The molecule has 2 amide bonds. The summed E-state index contributed by atoms with van der Waals surface area (Å²) >= 11 is 0. The zero-order chi connectivity index (χ0) is 51.1. The van der Waals surface area contributed by atoms with Crippen molar-refractivity contribution in [1.29, 1.82) is 0 Å². The van der Waals surface area contributed by atoms with Crippen LogP contribution < -0.4 is 20.1 Å². The molecule has 15 nitrogen and oxygen atoms in total. The van der Waals surface area contributed by atoms with Crippen LogP contribution in [0, 0.1) is 29.1 Å². The average molecular weight is 976 g/mol. The second kappa shape index (κ2) is 25.4. The second-order valence-electron chi connectivity index (χ2n) is 21.1. The number of aryl methyl sites for hydroxylation is 2. The number of rotatable bonds is 28. The van der Waals surface area contributed by atoms with Gasteiger partial charge in [-0.3, -0.25) is 33.4 Å². The molecule has 1 aromatic heterocycles. The number of ketones is 3. The minimum atomic E-state index is -0.903. The molecule has 1 saturated carbocycles. The minimum Gasteiger partial charge on any atom is -0.483 e. The Hall–Kier alpha value is -6.06. The van der Waals surface area contributed by atoms with Crippen LogP contribution in [-0.4, -0.2) is 99.5 Å². The number of quaternary nitrogens is 1. The fourth-order valence-corrected chi connectivity index (χ4v) is 9.55. The number of esters is 1. The molecule has 2 heterocycles. The molecule has 382 valence electrons. The van der Waals surface area contributed by atoms with Gasteiger partial charge >= 0.3 is 5.97 Å². The lowest BCUT2D eigenvalue weighted by molar-refractivity contribution is -0.940. The van der Waals surface area contributed by atoms with Crippen LogP contribution in [0.4, 0.5) is 0 Å². The van der Waals surface area contributed by atoms with Gasteiger partial charge in [-0.15, -0.1) is 5.10 Å². The van der Waals surface area contributed by atoms with Gasteiger partial charge in [-0.1, -0.05) is 100 Å². The Morgan fingerprint density at radius 2 is 1.39 bits per heavy atom. The van der Waals surface area contributed by atoms with E-state index in [1.807, 2.05) is 107 Å². The summed E-state index contributed by atoms with van der Waals surface area (Å²) in [6.45, 7) is 14.0. The van der Waals surface area contributed by atoms with Crippen molar-refractivity contribution in [3.05, 3.63) is 107 Å². The molecule has 71 heavy (non-hydrogen) atoms. The van der Waals surface area contributed by atoms with E-state index < -0.39 is 35.3 Å². The van der Waals surface area contributed by atoms with Crippen LogP contribution in [-0.2, 0) is 66.5 Å².